The maximum Gasteiger partial charge on any atom is 0.338 e. The molecule has 1 atom stereocenters. The lowest BCUT2D eigenvalue weighted by Gasteiger charge is -2.20. The van der Waals surface area contributed by atoms with Gasteiger partial charge in [0.25, 0.3) is 5.91 Å². The lowest BCUT2D eigenvalue weighted by atomic mass is 10.1. The molecule has 0 bridgehead atoms. The van der Waals surface area contributed by atoms with Crippen molar-refractivity contribution in [3.05, 3.63) is 29.3 Å². The molecule has 3 N–H and O–H groups in total. The van der Waals surface area contributed by atoms with Crippen molar-refractivity contribution in [2.45, 2.75) is 38.7 Å². The number of carbonyl (C=O) groups excluding carboxylic acids is 3. The molecular formula is C16H23N3O6S. The van der Waals surface area contributed by atoms with Crippen LogP contribution in [0.25, 0.3) is 0 Å². The minimum Gasteiger partial charge on any atom is -0.449 e. The van der Waals surface area contributed by atoms with Crippen LogP contribution in [-0.2, 0) is 19.6 Å². The van der Waals surface area contributed by atoms with Crippen LogP contribution in [0.3, 0.4) is 0 Å². The fourth-order valence-corrected chi connectivity index (χ4v) is 3.92. The number of nitrogens with zero attached hydrogens (tertiary/aromatic N) is 1. The van der Waals surface area contributed by atoms with Gasteiger partial charge in [0.1, 0.15) is 0 Å². The van der Waals surface area contributed by atoms with Crippen molar-refractivity contribution in [3.8, 4) is 0 Å². The minimum atomic E-state index is -3.76. The van der Waals surface area contributed by atoms with Gasteiger partial charge in [-0.25, -0.2) is 18.0 Å². The molecule has 0 radical (unpaired) electrons. The van der Waals surface area contributed by atoms with Crippen molar-refractivity contribution in [2.24, 2.45) is 5.73 Å². The van der Waals surface area contributed by atoms with Crippen LogP contribution in [0.1, 0.15) is 36.7 Å². The molecule has 10 heteroatoms. The second-order valence-corrected chi connectivity index (χ2v) is 7.38. The van der Waals surface area contributed by atoms with E-state index in [2.05, 4.69) is 0 Å². The number of hydrogen-bond acceptors (Lipinski definition) is 6. The molecule has 0 aromatic heterocycles. The van der Waals surface area contributed by atoms with E-state index >= 15 is 0 Å². The van der Waals surface area contributed by atoms with Crippen LogP contribution >= 0.6 is 0 Å². The zero-order valence-corrected chi connectivity index (χ0v) is 15.9. The number of imide groups is 1. The van der Waals surface area contributed by atoms with Gasteiger partial charge in [0.2, 0.25) is 10.0 Å². The molecule has 0 saturated carbocycles. The highest BCUT2D eigenvalue weighted by molar-refractivity contribution is 7.89. The average molecular weight is 385 g/mol. The zero-order chi connectivity index (χ0) is 20.1. The second kappa shape index (κ2) is 8.77. The molecule has 0 spiro atoms. The molecule has 0 aliphatic heterocycles. The number of sulfonamides is 1. The monoisotopic (exact) mass is 385 g/mol. The Morgan fingerprint density at radius 1 is 1.23 bits per heavy atom. The first-order valence-corrected chi connectivity index (χ1v) is 9.40. The number of primary amides is 1. The number of esters is 1. The summed E-state index contributed by atoms with van der Waals surface area (Å²) in [6, 6.07) is 3.03. The van der Waals surface area contributed by atoms with Gasteiger partial charge in [0.15, 0.2) is 6.10 Å². The highest BCUT2D eigenvalue weighted by Gasteiger charge is 2.26. The highest BCUT2D eigenvalue weighted by atomic mass is 32.2. The first-order chi connectivity index (χ1) is 12.0. The first kappa shape index (κ1) is 21.6. The maximum atomic E-state index is 12.7. The predicted octanol–water partition coefficient (Wildman–Crippen LogP) is 0.766. The van der Waals surface area contributed by atoms with Gasteiger partial charge in [-0.3, -0.25) is 10.1 Å². The number of nitrogens with one attached hydrogen (secondary N) is 1. The summed E-state index contributed by atoms with van der Waals surface area (Å²) >= 11 is 0. The average Bonchev–Trinajstić information content (AvgIpc) is 2.55. The number of amides is 3. The van der Waals surface area contributed by atoms with Crippen molar-refractivity contribution >= 4 is 27.9 Å². The molecule has 1 unspecified atom stereocenters. The van der Waals surface area contributed by atoms with E-state index in [1.54, 1.807) is 26.1 Å². The Morgan fingerprint density at radius 2 is 1.81 bits per heavy atom. The van der Waals surface area contributed by atoms with Crippen LogP contribution in [0.5, 0.6) is 0 Å². The zero-order valence-electron chi connectivity index (χ0n) is 15.1. The van der Waals surface area contributed by atoms with Crippen LogP contribution in [0.4, 0.5) is 4.79 Å². The Morgan fingerprint density at radius 3 is 2.31 bits per heavy atom. The molecule has 1 rings (SSSR count). The smallest absolute Gasteiger partial charge is 0.338 e. The van der Waals surface area contributed by atoms with Crippen LogP contribution < -0.4 is 11.1 Å². The topological polar surface area (TPSA) is 136 Å². The van der Waals surface area contributed by atoms with Gasteiger partial charge in [-0.15, -0.1) is 0 Å². The van der Waals surface area contributed by atoms with Crippen molar-refractivity contribution in [1.29, 1.82) is 0 Å². The van der Waals surface area contributed by atoms with Crippen LogP contribution in [0, 0.1) is 6.92 Å². The molecule has 0 aliphatic rings. The summed E-state index contributed by atoms with van der Waals surface area (Å²) in [6.07, 6.45) is -1.28. The third-order valence-electron chi connectivity index (χ3n) is 3.65. The van der Waals surface area contributed by atoms with Gasteiger partial charge in [-0.05, 0) is 31.5 Å². The lowest BCUT2D eigenvalue weighted by Crippen LogP contribution is -2.42. The number of rotatable bonds is 7. The second-order valence-electron chi connectivity index (χ2n) is 5.47. The Labute approximate surface area is 152 Å². The number of hydrogen-bond donors (Lipinski definition) is 2. The molecule has 144 valence electrons. The Balaban J connectivity index is 3.11. The molecular weight excluding hydrogens is 362 g/mol. The third kappa shape index (κ3) is 5.02. The van der Waals surface area contributed by atoms with Crippen molar-refractivity contribution < 1.29 is 27.5 Å². The first-order valence-electron chi connectivity index (χ1n) is 7.96. The van der Waals surface area contributed by atoms with E-state index in [9.17, 15) is 22.8 Å². The van der Waals surface area contributed by atoms with E-state index in [1.807, 2.05) is 0 Å². The SMILES string of the molecule is CCN(CC)S(=O)(=O)c1cc(C(=O)OC(C)C(=O)NC(N)=O)ccc1C. The summed E-state index contributed by atoms with van der Waals surface area (Å²) in [4.78, 5) is 34.4. The van der Waals surface area contributed by atoms with E-state index < -0.39 is 34.0 Å². The Kier molecular flexibility index (Phi) is 7.28. The van der Waals surface area contributed by atoms with Gasteiger partial charge in [0.05, 0.1) is 10.5 Å². The molecule has 0 fully saturated rings. The summed E-state index contributed by atoms with van der Waals surface area (Å²) in [5.74, 6) is -1.78. The predicted molar refractivity (Wildman–Crippen MR) is 93.9 cm³/mol. The summed E-state index contributed by atoms with van der Waals surface area (Å²) in [5.41, 5.74) is 5.28. The normalized spacial score (nSPS) is 12.5. The van der Waals surface area contributed by atoms with Crippen LogP contribution in [-0.4, -0.2) is 49.8 Å². The third-order valence-corrected chi connectivity index (χ3v) is 5.84. The van der Waals surface area contributed by atoms with E-state index in [0.717, 1.165) is 0 Å². The summed E-state index contributed by atoms with van der Waals surface area (Å²) in [7, 11) is -3.76. The largest absolute Gasteiger partial charge is 0.449 e. The van der Waals surface area contributed by atoms with Gasteiger partial charge in [-0.2, -0.15) is 4.31 Å². The van der Waals surface area contributed by atoms with Crippen molar-refractivity contribution in [2.75, 3.05) is 13.1 Å². The number of carbonyl (C=O) groups is 3. The summed E-state index contributed by atoms with van der Waals surface area (Å²) in [5, 5.41) is 1.79. The number of benzene rings is 1. The van der Waals surface area contributed by atoms with Crippen LogP contribution in [0.2, 0.25) is 0 Å². The van der Waals surface area contributed by atoms with Crippen molar-refractivity contribution in [1.82, 2.24) is 9.62 Å². The van der Waals surface area contributed by atoms with Gasteiger partial charge in [-0.1, -0.05) is 19.9 Å². The molecule has 0 saturated heterocycles. The van der Waals surface area contributed by atoms with Gasteiger partial charge in [0, 0.05) is 13.1 Å². The minimum absolute atomic E-state index is 0.00936. The highest BCUT2D eigenvalue weighted by Crippen LogP contribution is 2.22. The lowest BCUT2D eigenvalue weighted by molar-refractivity contribution is -0.127. The van der Waals surface area contributed by atoms with E-state index in [0.29, 0.717) is 5.56 Å². The molecule has 1 aromatic rings. The fraction of sp³-hybridized carbons (Fsp3) is 0.438. The summed E-state index contributed by atoms with van der Waals surface area (Å²) < 4.78 is 31.6. The van der Waals surface area contributed by atoms with Gasteiger partial charge < -0.3 is 10.5 Å². The fourth-order valence-electron chi connectivity index (χ4n) is 2.21. The molecule has 3 amide bonds. The molecule has 9 nitrogen and oxygen atoms in total. The van der Waals surface area contributed by atoms with E-state index in [1.165, 1.54) is 29.4 Å². The Hall–Kier alpha value is -2.46. The molecule has 0 heterocycles. The quantitative estimate of drug-likeness (QED) is 0.665. The number of urea groups is 1. The van der Waals surface area contributed by atoms with Gasteiger partial charge >= 0.3 is 12.0 Å². The number of nitrogens with two attached hydrogens (primary N) is 1. The maximum absolute atomic E-state index is 12.7. The standard InChI is InChI=1S/C16H23N3O6S/c1-5-19(6-2)26(23,24)13-9-12(8-7-10(13)3)15(21)25-11(4)14(20)18-16(17)22/h7-9,11H,5-6H2,1-4H3,(H3,17,18,20,22). The van der Waals surface area contributed by atoms with Crippen LogP contribution in [0.15, 0.2) is 23.1 Å². The molecule has 0 aliphatic carbocycles. The van der Waals surface area contributed by atoms with Crippen molar-refractivity contribution in [3.63, 3.8) is 0 Å². The number of ether oxygens (including phenoxy) is 1. The van der Waals surface area contributed by atoms with E-state index in [-0.39, 0.29) is 23.5 Å². The molecule has 26 heavy (non-hydrogen) atoms. The molecule has 1 aromatic carbocycles. The summed E-state index contributed by atoms with van der Waals surface area (Å²) in [6.45, 7) is 6.89. The van der Waals surface area contributed by atoms with E-state index in [4.69, 9.17) is 10.5 Å². The Bertz CT molecular complexity index is 802. The number of aryl methyl sites for hydroxylation is 1.